The van der Waals surface area contributed by atoms with Gasteiger partial charge in [-0.1, -0.05) is 109 Å². The molecule has 0 aliphatic rings. The maximum Gasteiger partial charge on any atom is 0.0991 e. The highest BCUT2D eigenvalue weighted by Crippen LogP contribution is 2.41. The van der Waals surface area contributed by atoms with E-state index >= 15 is 0 Å². The lowest BCUT2D eigenvalue weighted by Crippen LogP contribution is -1.99. The topological polar surface area (TPSA) is 62.4 Å². The fourth-order valence-electron chi connectivity index (χ4n) is 9.50. The van der Waals surface area contributed by atoms with Crippen LogP contribution in [0.5, 0.6) is 0 Å². The number of rotatable bonds is 5. The Bertz CT molecular complexity index is 3470. The van der Waals surface area contributed by atoms with E-state index in [9.17, 15) is 10.5 Å². The Labute approximate surface area is 351 Å². The maximum atomic E-state index is 9.64. The molecule has 3 heterocycles. The standard InChI is InChI=1S/C56H33N5/c57-34-36-17-21-38(22-18-36)40-29-41(39-23-19-37(35-58)20-24-39)31-44(30-40)61-55-32-42(59-51-13-5-1-9-45(51)46-10-2-6-14-52(46)59)25-27-49(55)50-28-26-43(33-56(50)61)60-53-15-7-3-11-47(53)48-12-4-8-16-54(48)60/h1-33H. The molecule has 0 atom stereocenters. The van der Waals surface area contributed by atoms with Gasteiger partial charge in [-0.05, 0) is 113 Å². The normalized spacial score (nSPS) is 11.6. The van der Waals surface area contributed by atoms with E-state index in [4.69, 9.17) is 0 Å². The summed E-state index contributed by atoms with van der Waals surface area (Å²) in [5.74, 6) is 0. The summed E-state index contributed by atoms with van der Waals surface area (Å²) in [6.07, 6.45) is 0. The maximum absolute atomic E-state index is 9.64. The van der Waals surface area contributed by atoms with Crippen molar-refractivity contribution in [1.29, 1.82) is 10.5 Å². The number of para-hydroxylation sites is 4. The summed E-state index contributed by atoms with van der Waals surface area (Å²) in [5.41, 5.74) is 15.2. The molecule has 3 aromatic heterocycles. The van der Waals surface area contributed by atoms with Crippen LogP contribution in [0.1, 0.15) is 11.1 Å². The van der Waals surface area contributed by atoms with Crippen LogP contribution in [0.3, 0.4) is 0 Å². The van der Waals surface area contributed by atoms with E-state index in [2.05, 4.69) is 177 Å². The van der Waals surface area contributed by atoms with Gasteiger partial charge in [-0.2, -0.15) is 10.5 Å². The zero-order chi connectivity index (χ0) is 40.6. The third-order valence-corrected chi connectivity index (χ3v) is 12.3. The van der Waals surface area contributed by atoms with Crippen molar-refractivity contribution in [3.8, 4) is 51.5 Å². The van der Waals surface area contributed by atoms with Crippen LogP contribution < -0.4 is 0 Å². The smallest absolute Gasteiger partial charge is 0.0991 e. The Morgan fingerprint density at radius 2 is 0.590 bits per heavy atom. The molecule has 5 heteroatoms. The number of hydrogen-bond acceptors (Lipinski definition) is 2. The highest BCUT2D eigenvalue weighted by molar-refractivity contribution is 6.13. The van der Waals surface area contributed by atoms with E-state index in [1.165, 1.54) is 21.5 Å². The van der Waals surface area contributed by atoms with Crippen LogP contribution in [0.25, 0.3) is 105 Å². The molecule has 282 valence electrons. The zero-order valence-corrected chi connectivity index (χ0v) is 32.8. The quantitative estimate of drug-likeness (QED) is 0.175. The zero-order valence-electron chi connectivity index (χ0n) is 32.8. The highest BCUT2D eigenvalue weighted by atomic mass is 15.0. The van der Waals surface area contributed by atoms with E-state index in [-0.39, 0.29) is 0 Å². The van der Waals surface area contributed by atoms with Crippen LogP contribution in [0.15, 0.2) is 200 Å². The largest absolute Gasteiger partial charge is 0.309 e. The first-order chi connectivity index (χ1) is 30.1. The first kappa shape index (κ1) is 34.4. The average Bonchev–Trinajstić information content (AvgIpc) is 3.96. The molecule has 61 heavy (non-hydrogen) atoms. The third-order valence-electron chi connectivity index (χ3n) is 12.3. The van der Waals surface area contributed by atoms with E-state index in [1.54, 1.807) is 0 Å². The van der Waals surface area contributed by atoms with Crippen molar-refractivity contribution in [3.05, 3.63) is 211 Å². The molecule has 12 aromatic rings. The molecule has 0 aliphatic heterocycles. The fraction of sp³-hybridized carbons (Fsp3) is 0. The molecular formula is C56H33N5. The van der Waals surface area contributed by atoms with Gasteiger partial charge in [0.25, 0.3) is 0 Å². The van der Waals surface area contributed by atoms with Gasteiger partial charge in [0.05, 0.1) is 56.4 Å². The molecule has 9 aromatic carbocycles. The summed E-state index contributed by atoms with van der Waals surface area (Å²) < 4.78 is 7.18. The van der Waals surface area contributed by atoms with E-state index in [1.807, 2.05) is 48.5 Å². The van der Waals surface area contributed by atoms with Crippen molar-refractivity contribution in [3.63, 3.8) is 0 Å². The van der Waals surface area contributed by atoms with Gasteiger partial charge in [0.15, 0.2) is 0 Å². The average molecular weight is 776 g/mol. The van der Waals surface area contributed by atoms with Gasteiger partial charge in [-0.15, -0.1) is 0 Å². The van der Waals surface area contributed by atoms with Crippen molar-refractivity contribution < 1.29 is 0 Å². The molecule has 0 radical (unpaired) electrons. The van der Waals surface area contributed by atoms with Gasteiger partial charge in [-0.25, -0.2) is 0 Å². The van der Waals surface area contributed by atoms with Crippen LogP contribution in [-0.4, -0.2) is 13.7 Å². The van der Waals surface area contributed by atoms with Gasteiger partial charge in [0.1, 0.15) is 0 Å². The minimum atomic E-state index is 0.616. The van der Waals surface area contributed by atoms with Gasteiger partial charge >= 0.3 is 0 Å². The van der Waals surface area contributed by atoms with Gasteiger partial charge < -0.3 is 13.7 Å². The molecule has 0 spiro atoms. The van der Waals surface area contributed by atoms with Gasteiger partial charge in [0, 0.05) is 49.4 Å². The second-order valence-corrected chi connectivity index (χ2v) is 15.6. The van der Waals surface area contributed by atoms with Crippen LogP contribution in [0, 0.1) is 22.7 Å². The van der Waals surface area contributed by atoms with Crippen LogP contribution in [0.2, 0.25) is 0 Å². The van der Waals surface area contributed by atoms with Crippen LogP contribution in [0.4, 0.5) is 0 Å². The molecule has 0 saturated heterocycles. The minimum absolute atomic E-state index is 0.616. The summed E-state index contributed by atoms with van der Waals surface area (Å²) in [4.78, 5) is 0. The van der Waals surface area contributed by atoms with Crippen molar-refractivity contribution >= 4 is 65.4 Å². The van der Waals surface area contributed by atoms with E-state index in [0.29, 0.717) is 11.1 Å². The molecular weight excluding hydrogens is 743 g/mol. The predicted octanol–water partition coefficient (Wildman–Crippen LogP) is 14.1. The molecule has 12 rings (SSSR count). The first-order valence-electron chi connectivity index (χ1n) is 20.4. The van der Waals surface area contributed by atoms with Crippen molar-refractivity contribution in [2.45, 2.75) is 0 Å². The van der Waals surface area contributed by atoms with E-state index < -0.39 is 0 Å². The molecule has 0 unspecified atom stereocenters. The van der Waals surface area contributed by atoms with Crippen molar-refractivity contribution in [2.75, 3.05) is 0 Å². The second-order valence-electron chi connectivity index (χ2n) is 15.6. The number of fused-ring (bicyclic) bond motifs is 9. The van der Waals surface area contributed by atoms with Gasteiger partial charge in [-0.3, -0.25) is 0 Å². The Kier molecular flexibility index (Phi) is 7.59. The summed E-state index contributed by atoms with van der Waals surface area (Å²) in [5, 5.41) is 26.5. The summed E-state index contributed by atoms with van der Waals surface area (Å²) in [7, 11) is 0. The summed E-state index contributed by atoms with van der Waals surface area (Å²) in [6, 6.07) is 75.1. The predicted molar refractivity (Wildman–Crippen MR) is 250 cm³/mol. The first-order valence-corrected chi connectivity index (χ1v) is 20.4. The number of nitrogens with zero attached hydrogens (tertiary/aromatic N) is 5. The van der Waals surface area contributed by atoms with Crippen LogP contribution >= 0.6 is 0 Å². The molecule has 5 nitrogen and oxygen atoms in total. The molecule has 0 saturated carbocycles. The lowest BCUT2D eigenvalue weighted by Gasteiger charge is -2.16. The Morgan fingerprint density at radius 3 is 0.951 bits per heavy atom. The summed E-state index contributed by atoms with van der Waals surface area (Å²) >= 11 is 0. The molecule has 0 N–H and O–H groups in total. The number of nitriles is 2. The number of aromatic nitrogens is 3. The fourth-order valence-corrected chi connectivity index (χ4v) is 9.50. The van der Waals surface area contributed by atoms with Crippen molar-refractivity contribution in [1.82, 2.24) is 13.7 Å². The summed E-state index contributed by atoms with van der Waals surface area (Å²) in [6.45, 7) is 0. The third kappa shape index (κ3) is 5.32. The molecule has 0 fully saturated rings. The lowest BCUT2D eigenvalue weighted by atomic mass is 9.97. The lowest BCUT2D eigenvalue weighted by molar-refractivity contribution is 1.14. The second kappa shape index (κ2) is 13.5. The van der Waals surface area contributed by atoms with Gasteiger partial charge in [0.2, 0.25) is 0 Å². The monoisotopic (exact) mass is 775 g/mol. The molecule has 0 amide bonds. The van der Waals surface area contributed by atoms with E-state index in [0.717, 1.165) is 83.2 Å². The number of hydrogen-bond donors (Lipinski definition) is 0. The number of benzene rings is 9. The van der Waals surface area contributed by atoms with Crippen molar-refractivity contribution in [2.24, 2.45) is 0 Å². The highest BCUT2D eigenvalue weighted by Gasteiger charge is 2.20. The molecule has 0 aliphatic carbocycles. The Hall–Kier alpha value is -8.64. The Morgan fingerprint density at radius 1 is 0.262 bits per heavy atom. The minimum Gasteiger partial charge on any atom is -0.309 e. The molecule has 0 bridgehead atoms. The Balaban J connectivity index is 1.18. The van der Waals surface area contributed by atoms with Crippen LogP contribution in [-0.2, 0) is 0 Å². The SMILES string of the molecule is N#Cc1ccc(-c2cc(-c3ccc(C#N)cc3)cc(-n3c4cc(-n5c6ccccc6c6ccccc65)ccc4c4ccc(-n5c6ccccc6c6ccccc65)cc43)c2)cc1.